The van der Waals surface area contributed by atoms with E-state index < -0.39 is 37.3 Å². The van der Waals surface area contributed by atoms with Crippen molar-refractivity contribution in [2.45, 2.75) is 37.3 Å². The van der Waals surface area contributed by atoms with Crippen molar-refractivity contribution in [3.05, 3.63) is 89.6 Å². The summed E-state index contributed by atoms with van der Waals surface area (Å²) in [5.41, 5.74) is 2.78. The Morgan fingerprint density at radius 1 is 0.861 bits per heavy atom. The van der Waals surface area contributed by atoms with Crippen LogP contribution in [0, 0.1) is 0 Å². The van der Waals surface area contributed by atoms with E-state index in [0.29, 0.717) is 6.61 Å². The summed E-state index contributed by atoms with van der Waals surface area (Å²) >= 11 is 6.49. The van der Waals surface area contributed by atoms with Crippen LogP contribution in [0.4, 0.5) is 0 Å². The predicted molar refractivity (Wildman–Crippen MR) is 133 cm³/mol. The van der Waals surface area contributed by atoms with E-state index in [4.69, 9.17) is 25.8 Å². The molecule has 1 aliphatic rings. The summed E-state index contributed by atoms with van der Waals surface area (Å²) in [6.45, 7) is -0.0871. The molecule has 0 aliphatic carbocycles. The normalized spacial score (nSPS) is 24.1. The number of aromatic nitrogens is 1. The Morgan fingerprint density at radius 3 is 2.42 bits per heavy atom. The maximum Gasteiger partial charge on any atom is 0.229 e. The van der Waals surface area contributed by atoms with Crippen LogP contribution in [0.2, 0.25) is 5.02 Å². The van der Waals surface area contributed by atoms with Gasteiger partial charge < -0.3 is 39.2 Å². The third-order valence-electron chi connectivity index (χ3n) is 6.22. The molecule has 1 saturated heterocycles. The molecule has 8 nitrogen and oxygen atoms in total. The lowest BCUT2D eigenvalue weighted by Gasteiger charge is -2.39. The zero-order valence-electron chi connectivity index (χ0n) is 19.1. The largest absolute Gasteiger partial charge is 0.488 e. The van der Waals surface area contributed by atoms with E-state index in [2.05, 4.69) is 0 Å². The Hall–Kier alpha value is -3.11. The predicted octanol–water partition coefficient (Wildman–Crippen LogP) is 3.04. The number of nitrogens with zero attached hydrogens (tertiary/aromatic N) is 1. The molecule has 5 atom stereocenters. The number of hydrogen-bond acceptors (Lipinski definition) is 7. The summed E-state index contributed by atoms with van der Waals surface area (Å²) in [6, 6.07) is 22.9. The smallest absolute Gasteiger partial charge is 0.229 e. The van der Waals surface area contributed by atoms with E-state index in [-0.39, 0.29) is 10.8 Å². The molecule has 0 unspecified atom stereocenters. The third-order valence-corrected chi connectivity index (χ3v) is 6.51. The zero-order valence-corrected chi connectivity index (χ0v) is 19.9. The van der Waals surface area contributed by atoms with E-state index in [0.717, 1.165) is 27.9 Å². The van der Waals surface area contributed by atoms with E-state index in [1.807, 2.05) is 65.4 Å². The molecule has 1 fully saturated rings. The van der Waals surface area contributed by atoms with Gasteiger partial charge in [0.2, 0.25) is 6.29 Å². The van der Waals surface area contributed by atoms with Gasteiger partial charge in [-0.1, -0.05) is 48.0 Å². The van der Waals surface area contributed by atoms with Gasteiger partial charge >= 0.3 is 0 Å². The van der Waals surface area contributed by atoms with E-state index >= 15 is 0 Å². The minimum absolute atomic E-state index is 0.216. The van der Waals surface area contributed by atoms with Gasteiger partial charge in [-0.2, -0.15) is 0 Å². The Morgan fingerprint density at radius 2 is 1.67 bits per heavy atom. The third kappa shape index (κ3) is 4.79. The average Bonchev–Trinajstić information content (AvgIpc) is 3.34. The first kappa shape index (κ1) is 24.6. The van der Waals surface area contributed by atoms with Crippen LogP contribution in [0.15, 0.2) is 79.0 Å². The fourth-order valence-electron chi connectivity index (χ4n) is 4.25. The summed E-state index contributed by atoms with van der Waals surface area (Å²) in [7, 11) is 0. The lowest BCUT2D eigenvalue weighted by atomic mass is 9.99. The number of aliphatic hydroxyl groups excluding tert-OH is 4. The summed E-state index contributed by atoms with van der Waals surface area (Å²) in [4.78, 5) is 0. The van der Waals surface area contributed by atoms with Gasteiger partial charge in [-0.25, -0.2) is 0 Å². The van der Waals surface area contributed by atoms with Crippen LogP contribution in [0.25, 0.3) is 16.6 Å². The molecule has 4 aromatic rings. The molecule has 0 spiro atoms. The molecule has 0 bridgehead atoms. The standard InChI is InChI=1S/C27H26ClNO7/c28-19-13-17(9-10-22(19)35-27-26(33)25(32)24(31)23(14-30)36-27)29-12-11-18-20(29)7-4-8-21(18)34-15-16-5-2-1-3-6-16/h1-13,23-27,30-33H,14-15H2/t23-,24-,25+,26+,27+/m1/s1. The second-order valence-electron chi connectivity index (χ2n) is 8.58. The van der Waals surface area contributed by atoms with Gasteiger partial charge in [-0.3, -0.25) is 0 Å². The van der Waals surface area contributed by atoms with Crippen molar-refractivity contribution >= 4 is 22.5 Å². The highest BCUT2D eigenvalue weighted by atomic mass is 35.5. The van der Waals surface area contributed by atoms with Gasteiger partial charge in [0, 0.05) is 17.3 Å². The van der Waals surface area contributed by atoms with Crippen molar-refractivity contribution in [2.24, 2.45) is 0 Å². The first-order chi connectivity index (χ1) is 17.5. The molecule has 1 aromatic heterocycles. The fourth-order valence-corrected chi connectivity index (χ4v) is 4.47. The number of ether oxygens (including phenoxy) is 3. The average molecular weight is 512 g/mol. The Balaban J connectivity index is 1.36. The molecule has 3 aromatic carbocycles. The van der Waals surface area contributed by atoms with Gasteiger partial charge in [0.25, 0.3) is 0 Å². The van der Waals surface area contributed by atoms with Gasteiger partial charge in [-0.15, -0.1) is 0 Å². The minimum Gasteiger partial charge on any atom is -0.488 e. The molecule has 0 amide bonds. The van der Waals surface area contributed by atoms with E-state index in [1.165, 1.54) is 0 Å². The van der Waals surface area contributed by atoms with Gasteiger partial charge in [0.05, 0.1) is 17.1 Å². The van der Waals surface area contributed by atoms with Crippen molar-refractivity contribution < 1.29 is 34.6 Å². The molecule has 0 saturated carbocycles. The van der Waals surface area contributed by atoms with Crippen molar-refractivity contribution in [1.29, 1.82) is 0 Å². The summed E-state index contributed by atoms with van der Waals surface area (Å²) < 4.78 is 19.1. The molecular weight excluding hydrogens is 486 g/mol. The van der Waals surface area contributed by atoms with Crippen LogP contribution < -0.4 is 9.47 Å². The van der Waals surface area contributed by atoms with Gasteiger partial charge in [0.15, 0.2) is 0 Å². The zero-order chi connectivity index (χ0) is 25.2. The number of benzene rings is 3. The molecule has 1 aliphatic heterocycles. The highest BCUT2D eigenvalue weighted by Gasteiger charge is 2.44. The Kier molecular flexibility index (Phi) is 7.15. The van der Waals surface area contributed by atoms with Crippen LogP contribution in [0.1, 0.15) is 5.56 Å². The van der Waals surface area contributed by atoms with Crippen LogP contribution in [-0.2, 0) is 11.3 Å². The van der Waals surface area contributed by atoms with Crippen molar-refractivity contribution in [2.75, 3.05) is 6.61 Å². The number of aliphatic hydroxyl groups is 4. The second kappa shape index (κ2) is 10.5. The van der Waals surface area contributed by atoms with E-state index in [1.54, 1.807) is 18.2 Å². The number of rotatable bonds is 7. The molecule has 0 radical (unpaired) electrons. The van der Waals surface area contributed by atoms with Crippen molar-refractivity contribution in [1.82, 2.24) is 4.57 Å². The second-order valence-corrected chi connectivity index (χ2v) is 8.99. The van der Waals surface area contributed by atoms with Crippen molar-refractivity contribution in [3.63, 3.8) is 0 Å². The molecule has 4 N–H and O–H groups in total. The minimum atomic E-state index is -1.54. The summed E-state index contributed by atoms with van der Waals surface area (Å²) in [5.74, 6) is 0.983. The van der Waals surface area contributed by atoms with Crippen LogP contribution in [-0.4, -0.2) is 62.3 Å². The molecule has 2 heterocycles. The van der Waals surface area contributed by atoms with Crippen LogP contribution in [0.5, 0.6) is 11.5 Å². The molecular formula is C27H26ClNO7. The first-order valence-corrected chi connectivity index (χ1v) is 11.9. The van der Waals surface area contributed by atoms with Crippen LogP contribution >= 0.6 is 11.6 Å². The van der Waals surface area contributed by atoms with E-state index in [9.17, 15) is 20.4 Å². The fraction of sp³-hybridized carbons (Fsp3) is 0.259. The number of halogens is 1. The Bertz CT molecular complexity index is 1330. The SMILES string of the molecule is OC[C@H]1O[C@H](Oc2ccc(-n3ccc4c(OCc5ccccc5)cccc43)cc2Cl)[C@@H](O)[C@@H](O)[C@@H]1O. The molecule has 9 heteroatoms. The summed E-state index contributed by atoms with van der Waals surface area (Å²) in [6.07, 6.45) is -5.00. The molecule has 36 heavy (non-hydrogen) atoms. The summed E-state index contributed by atoms with van der Waals surface area (Å²) in [5, 5.41) is 40.8. The number of fused-ring (bicyclic) bond motifs is 1. The topological polar surface area (TPSA) is 114 Å². The lowest BCUT2D eigenvalue weighted by molar-refractivity contribution is -0.277. The first-order valence-electron chi connectivity index (χ1n) is 11.5. The van der Waals surface area contributed by atoms with Crippen molar-refractivity contribution in [3.8, 4) is 17.2 Å². The Labute approximate surface area is 212 Å². The highest BCUT2D eigenvalue weighted by molar-refractivity contribution is 6.32. The van der Waals surface area contributed by atoms with Gasteiger partial charge in [-0.05, 0) is 42.0 Å². The van der Waals surface area contributed by atoms with Gasteiger partial charge in [0.1, 0.15) is 42.5 Å². The maximum atomic E-state index is 10.2. The lowest BCUT2D eigenvalue weighted by Crippen LogP contribution is -2.60. The maximum absolute atomic E-state index is 10.2. The quantitative estimate of drug-likeness (QED) is 0.301. The number of hydrogen-bond donors (Lipinski definition) is 4. The molecule has 188 valence electrons. The molecule has 5 rings (SSSR count). The van der Waals surface area contributed by atoms with Crippen LogP contribution in [0.3, 0.4) is 0 Å². The monoisotopic (exact) mass is 511 g/mol. The highest BCUT2D eigenvalue weighted by Crippen LogP contribution is 2.34.